The lowest BCUT2D eigenvalue weighted by Gasteiger charge is -2.27. The van der Waals surface area contributed by atoms with Gasteiger partial charge >= 0.3 is 6.03 Å². The Morgan fingerprint density at radius 2 is 1.82 bits per heavy atom. The summed E-state index contributed by atoms with van der Waals surface area (Å²) < 4.78 is 23.7. The van der Waals surface area contributed by atoms with E-state index in [2.05, 4.69) is 10.3 Å². The fraction of sp³-hybridized carbons (Fsp3) is 0.455. The van der Waals surface area contributed by atoms with Gasteiger partial charge in [-0.1, -0.05) is 19.9 Å². The van der Waals surface area contributed by atoms with Crippen LogP contribution in [0.2, 0.25) is 0 Å². The second kappa shape index (κ2) is 12.8. The molecule has 0 saturated carbocycles. The van der Waals surface area contributed by atoms with Crippen LogP contribution >= 0.6 is 0 Å². The number of rotatable bonds is 2. The summed E-state index contributed by atoms with van der Waals surface area (Å²) in [5.41, 5.74) is 3.30. The Labute approximate surface area is 168 Å². The number of nitrogens with one attached hydrogen (secondary N) is 1. The van der Waals surface area contributed by atoms with Gasteiger partial charge in [0.1, 0.15) is 5.82 Å². The number of alkyl halides is 1. The molecular formula is C22H33F2N3O. The van der Waals surface area contributed by atoms with Crippen molar-refractivity contribution in [2.45, 2.75) is 47.0 Å². The van der Waals surface area contributed by atoms with Gasteiger partial charge in [0.2, 0.25) is 0 Å². The van der Waals surface area contributed by atoms with E-state index in [1.807, 2.05) is 43.9 Å². The predicted octanol–water partition coefficient (Wildman–Crippen LogP) is 6.46. The van der Waals surface area contributed by atoms with Crippen molar-refractivity contribution in [3.63, 3.8) is 0 Å². The summed E-state index contributed by atoms with van der Waals surface area (Å²) in [4.78, 5) is 18.0. The summed E-state index contributed by atoms with van der Waals surface area (Å²) in [5.74, 6) is -0.371. The minimum atomic E-state index is -0.371. The summed E-state index contributed by atoms with van der Waals surface area (Å²) in [5, 5.41) is 2.94. The lowest BCUT2D eigenvalue weighted by atomic mass is 10.0. The van der Waals surface area contributed by atoms with Gasteiger partial charge in [0.05, 0.1) is 12.9 Å². The van der Waals surface area contributed by atoms with Crippen LogP contribution in [0.4, 0.5) is 19.3 Å². The standard InChI is InChI=1S/C18H20FN3O.C2H5F.C2H6.H2/c1-13-5-6-16(21-18(23)22-7-3-2-4-8-22)10-17(13)14-9-15(19)12-20-11-14;1-2-3;1-2;/h5-6,9-12H,2-4,7-8H2,1H3,(H,21,23);2H2,1H3;1-2H3;1H. The van der Waals surface area contributed by atoms with Gasteiger partial charge in [-0.25, -0.2) is 9.18 Å². The normalized spacial score (nSPS) is 12.9. The van der Waals surface area contributed by atoms with Crippen molar-refractivity contribution in [3.8, 4) is 11.1 Å². The van der Waals surface area contributed by atoms with Crippen molar-refractivity contribution in [2.24, 2.45) is 0 Å². The minimum absolute atomic E-state index is 0. The summed E-state index contributed by atoms with van der Waals surface area (Å²) in [7, 11) is 0. The van der Waals surface area contributed by atoms with Crippen LogP contribution in [-0.2, 0) is 0 Å². The van der Waals surface area contributed by atoms with Crippen molar-refractivity contribution in [1.82, 2.24) is 9.88 Å². The van der Waals surface area contributed by atoms with Crippen molar-refractivity contribution in [3.05, 3.63) is 48.0 Å². The molecule has 2 amide bonds. The first kappa shape index (κ1) is 23.5. The average Bonchev–Trinajstić information content (AvgIpc) is 2.72. The Balaban J connectivity index is 0.00000120. The molecule has 0 radical (unpaired) electrons. The number of piperidine rings is 1. The second-order valence-corrected chi connectivity index (χ2v) is 6.17. The molecule has 6 heteroatoms. The number of aromatic nitrogens is 1. The van der Waals surface area contributed by atoms with Gasteiger partial charge in [-0.2, -0.15) is 0 Å². The number of nitrogens with zero attached hydrogens (tertiary/aromatic N) is 2. The summed E-state index contributed by atoms with van der Waals surface area (Å²) in [6.45, 7) is 8.77. The van der Waals surface area contributed by atoms with E-state index < -0.39 is 0 Å². The van der Waals surface area contributed by atoms with Gasteiger partial charge in [0, 0.05) is 32.0 Å². The molecule has 0 unspecified atom stereocenters. The Bertz CT molecular complexity index is 738. The van der Waals surface area contributed by atoms with Crippen LogP contribution in [0.5, 0.6) is 0 Å². The lowest BCUT2D eigenvalue weighted by Crippen LogP contribution is -2.38. The van der Waals surface area contributed by atoms with Gasteiger partial charge in [-0.05, 0) is 62.4 Å². The third-order valence-electron chi connectivity index (χ3n) is 4.15. The molecule has 0 atom stereocenters. The number of hydrogen-bond donors (Lipinski definition) is 1. The van der Waals surface area contributed by atoms with Crippen LogP contribution in [-0.4, -0.2) is 35.7 Å². The third kappa shape index (κ3) is 7.25. The number of urea groups is 1. The van der Waals surface area contributed by atoms with Crippen LogP contribution < -0.4 is 5.32 Å². The minimum Gasteiger partial charge on any atom is -0.325 e. The van der Waals surface area contributed by atoms with Crippen molar-refractivity contribution in [1.29, 1.82) is 0 Å². The molecule has 1 aromatic heterocycles. The van der Waals surface area contributed by atoms with E-state index in [-0.39, 0.29) is 19.9 Å². The quantitative estimate of drug-likeness (QED) is 0.636. The Morgan fingerprint density at radius 3 is 2.43 bits per heavy atom. The zero-order valence-electron chi connectivity index (χ0n) is 17.3. The van der Waals surface area contributed by atoms with E-state index in [0.29, 0.717) is 11.3 Å². The first-order chi connectivity index (χ1) is 13.5. The van der Waals surface area contributed by atoms with E-state index in [9.17, 15) is 13.6 Å². The molecule has 1 saturated heterocycles. The highest BCUT2D eigenvalue weighted by atomic mass is 19.1. The zero-order valence-corrected chi connectivity index (χ0v) is 17.3. The Kier molecular flexibility index (Phi) is 10.8. The van der Waals surface area contributed by atoms with Crippen molar-refractivity contribution < 1.29 is 15.0 Å². The number of amides is 2. The van der Waals surface area contributed by atoms with Gasteiger partial charge in [0.25, 0.3) is 0 Å². The lowest BCUT2D eigenvalue weighted by molar-refractivity contribution is 0.200. The monoisotopic (exact) mass is 393 g/mol. The number of benzene rings is 1. The van der Waals surface area contributed by atoms with Crippen LogP contribution in [0.3, 0.4) is 0 Å². The maximum atomic E-state index is 13.4. The Hall–Kier alpha value is -2.50. The first-order valence-electron chi connectivity index (χ1n) is 9.88. The number of anilines is 1. The predicted molar refractivity (Wildman–Crippen MR) is 114 cm³/mol. The van der Waals surface area contributed by atoms with E-state index >= 15 is 0 Å². The van der Waals surface area contributed by atoms with E-state index in [1.165, 1.54) is 25.6 Å². The maximum absolute atomic E-state index is 13.4. The topological polar surface area (TPSA) is 45.2 Å². The molecule has 0 spiro atoms. The molecule has 28 heavy (non-hydrogen) atoms. The summed E-state index contributed by atoms with van der Waals surface area (Å²) in [6.07, 6.45) is 6.11. The smallest absolute Gasteiger partial charge is 0.321 e. The molecule has 2 aromatic rings. The first-order valence-corrected chi connectivity index (χ1v) is 9.88. The number of halogens is 2. The maximum Gasteiger partial charge on any atom is 0.321 e. The molecule has 1 N–H and O–H groups in total. The third-order valence-corrected chi connectivity index (χ3v) is 4.15. The summed E-state index contributed by atoms with van der Waals surface area (Å²) >= 11 is 0. The molecular weight excluding hydrogens is 360 g/mol. The largest absolute Gasteiger partial charge is 0.325 e. The number of likely N-dealkylation sites (tertiary alicyclic amines) is 1. The number of carbonyl (C=O) groups excluding carboxylic acids is 1. The average molecular weight is 394 g/mol. The zero-order chi connectivity index (χ0) is 20.9. The fourth-order valence-corrected chi connectivity index (χ4v) is 2.87. The fourth-order valence-electron chi connectivity index (χ4n) is 2.87. The number of carbonyl (C=O) groups is 1. The molecule has 0 bridgehead atoms. The van der Waals surface area contributed by atoms with Gasteiger partial charge in [-0.3, -0.25) is 9.37 Å². The van der Waals surface area contributed by atoms with E-state index in [0.717, 1.165) is 37.1 Å². The molecule has 1 fully saturated rings. The van der Waals surface area contributed by atoms with Crippen LogP contribution in [0.1, 0.15) is 47.0 Å². The van der Waals surface area contributed by atoms with Gasteiger partial charge < -0.3 is 10.2 Å². The van der Waals surface area contributed by atoms with Crippen molar-refractivity contribution >= 4 is 11.7 Å². The van der Waals surface area contributed by atoms with Gasteiger partial charge in [-0.15, -0.1) is 0 Å². The molecule has 1 aromatic carbocycles. The molecule has 0 aliphatic carbocycles. The van der Waals surface area contributed by atoms with Crippen LogP contribution in [0, 0.1) is 12.7 Å². The van der Waals surface area contributed by atoms with Crippen LogP contribution in [0.25, 0.3) is 11.1 Å². The highest BCUT2D eigenvalue weighted by Crippen LogP contribution is 2.27. The van der Waals surface area contributed by atoms with Crippen molar-refractivity contribution in [2.75, 3.05) is 25.1 Å². The highest BCUT2D eigenvalue weighted by Gasteiger charge is 2.16. The number of hydrogen-bond acceptors (Lipinski definition) is 2. The van der Waals surface area contributed by atoms with E-state index in [4.69, 9.17) is 0 Å². The van der Waals surface area contributed by atoms with E-state index in [1.54, 1.807) is 6.20 Å². The molecule has 4 nitrogen and oxygen atoms in total. The molecule has 1 aliphatic heterocycles. The Morgan fingerprint density at radius 1 is 1.18 bits per heavy atom. The highest BCUT2D eigenvalue weighted by molar-refractivity contribution is 5.90. The molecule has 3 rings (SSSR count). The summed E-state index contributed by atoms with van der Waals surface area (Å²) in [6, 6.07) is 7.04. The molecule has 156 valence electrons. The molecule has 2 heterocycles. The number of aryl methyl sites for hydroxylation is 1. The second-order valence-electron chi connectivity index (χ2n) is 6.17. The number of pyridine rings is 1. The molecule has 1 aliphatic rings. The van der Waals surface area contributed by atoms with Gasteiger partial charge in [0.15, 0.2) is 0 Å². The SMILES string of the molecule is CC.CCF.Cc1ccc(NC(=O)N2CCCCC2)cc1-c1cncc(F)c1.[HH]. The van der Waals surface area contributed by atoms with Crippen LogP contribution in [0.15, 0.2) is 36.7 Å².